The van der Waals surface area contributed by atoms with E-state index in [2.05, 4.69) is 15.3 Å². The summed E-state index contributed by atoms with van der Waals surface area (Å²) in [6.07, 6.45) is 5.03. The molecule has 0 bridgehead atoms. The molecule has 9 nitrogen and oxygen atoms in total. The Kier molecular flexibility index (Phi) is 9.79. The predicted octanol–water partition coefficient (Wildman–Crippen LogP) is 8.29. The van der Waals surface area contributed by atoms with Gasteiger partial charge in [0, 0.05) is 55.3 Å². The van der Waals surface area contributed by atoms with Crippen LogP contribution in [0.15, 0.2) is 54.9 Å². The van der Waals surface area contributed by atoms with E-state index in [1.54, 1.807) is 29.4 Å². The molecule has 2 aromatic heterocycles. The van der Waals surface area contributed by atoms with Crippen molar-refractivity contribution in [3.63, 3.8) is 0 Å². The third-order valence-electron chi connectivity index (χ3n) is 7.81. The van der Waals surface area contributed by atoms with Crippen molar-refractivity contribution in [3.05, 3.63) is 71.8 Å². The highest BCUT2D eigenvalue weighted by Crippen LogP contribution is 2.38. The number of aryl methyl sites for hydroxylation is 1. The van der Waals surface area contributed by atoms with Crippen molar-refractivity contribution in [1.82, 2.24) is 19.9 Å². The number of nitrogens with zero attached hydrogens (tertiary/aromatic N) is 4. The minimum Gasteiger partial charge on any atom is -0.444 e. The second kappa shape index (κ2) is 13.6. The van der Waals surface area contributed by atoms with Gasteiger partial charge in [0.25, 0.3) is 0 Å². The number of rotatable bonds is 8. The van der Waals surface area contributed by atoms with Gasteiger partial charge in [-0.05, 0) is 87.2 Å². The fraction of sp³-hybridized carbons (Fsp3) is 0.432. The Morgan fingerprint density at radius 1 is 1.00 bits per heavy atom. The maximum Gasteiger partial charge on any atom is 0.410 e. The summed E-state index contributed by atoms with van der Waals surface area (Å²) in [7, 11) is 0. The minimum atomic E-state index is -0.563. The Bertz CT molecular complexity index is 1780. The van der Waals surface area contributed by atoms with E-state index in [0.717, 1.165) is 18.4 Å². The second-order valence-electron chi connectivity index (χ2n) is 14.4. The zero-order valence-corrected chi connectivity index (χ0v) is 28.3. The van der Waals surface area contributed by atoms with Gasteiger partial charge in [0.1, 0.15) is 23.0 Å². The summed E-state index contributed by atoms with van der Waals surface area (Å²) in [6, 6.07) is 12.2. The Balaban J connectivity index is 1.40. The van der Waals surface area contributed by atoms with Crippen molar-refractivity contribution < 1.29 is 23.5 Å². The van der Waals surface area contributed by atoms with Crippen molar-refractivity contribution in [2.75, 3.05) is 18.4 Å². The number of piperidine rings is 1. The smallest absolute Gasteiger partial charge is 0.410 e. The molecule has 1 saturated heterocycles. The number of aromatic nitrogens is 3. The number of ketones is 1. The number of likely N-dealkylation sites (tertiary alicyclic amines) is 1. The first-order chi connectivity index (χ1) is 22.2. The lowest BCUT2D eigenvalue weighted by molar-refractivity contribution is -0.120. The van der Waals surface area contributed by atoms with E-state index in [9.17, 15) is 9.59 Å². The van der Waals surface area contributed by atoms with Crippen LogP contribution in [0.4, 0.5) is 15.1 Å². The maximum atomic E-state index is 15.1. The van der Waals surface area contributed by atoms with Crippen molar-refractivity contribution in [2.45, 2.75) is 85.8 Å². The molecular formula is C37H44FN5O4. The summed E-state index contributed by atoms with van der Waals surface area (Å²) in [5, 5.41) is 4.71. The first-order valence-electron chi connectivity index (χ1n) is 16.1. The maximum absolute atomic E-state index is 15.1. The Morgan fingerprint density at radius 2 is 1.77 bits per heavy atom. The number of hydrogen-bond acceptors (Lipinski definition) is 8. The zero-order chi connectivity index (χ0) is 33.9. The summed E-state index contributed by atoms with van der Waals surface area (Å²) in [5.74, 6) is 0.855. The van der Waals surface area contributed by atoms with E-state index in [-0.39, 0.29) is 29.8 Å². The van der Waals surface area contributed by atoms with Crippen molar-refractivity contribution >= 4 is 28.6 Å². The summed E-state index contributed by atoms with van der Waals surface area (Å²) >= 11 is 0. The fourth-order valence-electron chi connectivity index (χ4n) is 5.80. The van der Waals surface area contributed by atoms with Crippen LogP contribution in [-0.4, -0.2) is 56.5 Å². The number of ether oxygens (including phenoxy) is 2. The third kappa shape index (κ3) is 8.61. The zero-order valence-electron chi connectivity index (χ0n) is 28.3. The van der Waals surface area contributed by atoms with Gasteiger partial charge < -0.3 is 19.7 Å². The van der Waals surface area contributed by atoms with Gasteiger partial charge in [-0.25, -0.2) is 24.1 Å². The van der Waals surface area contributed by atoms with E-state index in [0.29, 0.717) is 64.7 Å². The lowest BCUT2D eigenvalue weighted by Crippen LogP contribution is -2.47. The van der Waals surface area contributed by atoms with Gasteiger partial charge in [-0.3, -0.25) is 4.79 Å². The minimum absolute atomic E-state index is 0.00498. The van der Waals surface area contributed by atoms with E-state index in [1.807, 2.05) is 72.7 Å². The van der Waals surface area contributed by atoms with E-state index >= 15 is 4.39 Å². The van der Waals surface area contributed by atoms with E-state index in [4.69, 9.17) is 14.5 Å². The van der Waals surface area contributed by atoms with Gasteiger partial charge >= 0.3 is 6.09 Å². The van der Waals surface area contributed by atoms with Crippen molar-refractivity contribution in [2.24, 2.45) is 5.41 Å². The molecule has 4 aromatic rings. The summed E-state index contributed by atoms with van der Waals surface area (Å²) in [5.41, 5.74) is 1.70. The molecule has 10 heteroatoms. The van der Waals surface area contributed by atoms with Crippen LogP contribution in [0, 0.1) is 18.2 Å². The van der Waals surface area contributed by atoms with Gasteiger partial charge in [-0.15, -0.1) is 0 Å². The summed E-state index contributed by atoms with van der Waals surface area (Å²) in [4.78, 5) is 41.0. The van der Waals surface area contributed by atoms with Crippen LogP contribution in [0.3, 0.4) is 0 Å². The van der Waals surface area contributed by atoms with Crippen LogP contribution in [0.5, 0.6) is 11.6 Å². The number of carbonyl (C=O) groups excluding carboxylic acids is 2. The molecule has 0 spiro atoms. The number of anilines is 1. The van der Waals surface area contributed by atoms with Gasteiger partial charge in [0.2, 0.25) is 11.8 Å². The van der Waals surface area contributed by atoms with E-state index in [1.165, 1.54) is 6.07 Å². The highest BCUT2D eigenvalue weighted by atomic mass is 19.1. The van der Waals surface area contributed by atoms with Crippen LogP contribution in [-0.2, 0) is 16.0 Å². The lowest BCUT2D eigenvalue weighted by atomic mass is 9.87. The molecule has 5 rings (SSSR count). The number of pyridine rings is 1. The first-order valence-corrected chi connectivity index (χ1v) is 16.1. The number of carbonyl (C=O) groups is 2. The van der Waals surface area contributed by atoms with Gasteiger partial charge in [0.15, 0.2) is 0 Å². The first kappa shape index (κ1) is 33.8. The van der Waals surface area contributed by atoms with Crippen LogP contribution < -0.4 is 10.1 Å². The molecule has 1 aliphatic rings. The Morgan fingerprint density at radius 3 is 2.51 bits per heavy atom. The van der Waals surface area contributed by atoms with Gasteiger partial charge in [-0.1, -0.05) is 32.9 Å². The standard InChI is InChI=1S/C37H44FN5O4/c1-23-12-13-26-27(14-15-30(38)29(26)20-25(44)21-36(2,3)4)32(23)46-33-28(11-8-17-39-33)31-16-18-40-34(42-31)41-24-10-9-19-43(22-24)35(45)47-37(5,6)7/h8,11-18,24H,9-10,19-22H2,1-7H3,(H,40,41,42)/t24-/m0/s1. The predicted molar refractivity (Wildman–Crippen MR) is 181 cm³/mol. The third-order valence-corrected chi connectivity index (χ3v) is 7.81. The normalized spacial score (nSPS) is 15.4. The molecule has 0 aliphatic carbocycles. The molecule has 0 saturated carbocycles. The van der Waals surface area contributed by atoms with Gasteiger partial charge in [-0.2, -0.15) is 0 Å². The van der Waals surface area contributed by atoms with Crippen LogP contribution in [0.25, 0.3) is 22.0 Å². The molecule has 1 atom stereocenters. The molecule has 1 aliphatic heterocycles. The van der Waals surface area contributed by atoms with Crippen LogP contribution in [0.2, 0.25) is 0 Å². The van der Waals surface area contributed by atoms with E-state index < -0.39 is 11.4 Å². The summed E-state index contributed by atoms with van der Waals surface area (Å²) in [6.45, 7) is 14.6. The number of halogens is 1. The average Bonchev–Trinajstić information content (AvgIpc) is 2.99. The molecule has 47 heavy (non-hydrogen) atoms. The largest absolute Gasteiger partial charge is 0.444 e. The molecule has 1 amide bonds. The summed E-state index contributed by atoms with van der Waals surface area (Å²) < 4.78 is 27.2. The molecule has 0 unspecified atom stereocenters. The highest BCUT2D eigenvalue weighted by molar-refractivity contribution is 5.95. The molecule has 0 radical (unpaired) electrons. The molecule has 3 heterocycles. The SMILES string of the molecule is Cc1ccc2c(CC(=O)CC(C)(C)C)c(F)ccc2c1Oc1ncccc1-c1ccnc(N[C@H]2CCCN(C(=O)OC(C)(C)C)C2)n1. The average molecular weight is 642 g/mol. The van der Waals surface area contributed by atoms with Gasteiger partial charge in [0.05, 0.1) is 11.3 Å². The van der Waals surface area contributed by atoms with Crippen molar-refractivity contribution in [1.29, 1.82) is 0 Å². The quantitative estimate of drug-likeness (QED) is 0.205. The molecule has 1 fully saturated rings. The number of hydrogen-bond donors (Lipinski definition) is 1. The van der Waals surface area contributed by atoms with Crippen LogP contribution >= 0.6 is 0 Å². The fourth-order valence-corrected chi connectivity index (χ4v) is 5.80. The second-order valence-corrected chi connectivity index (χ2v) is 14.4. The molecular weight excluding hydrogens is 597 g/mol. The Labute approximate surface area is 275 Å². The lowest BCUT2D eigenvalue weighted by Gasteiger charge is -2.34. The monoisotopic (exact) mass is 641 g/mol. The Hall–Kier alpha value is -4.60. The number of fused-ring (bicyclic) bond motifs is 1. The van der Waals surface area contributed by atoms with Crippen molar-refractivity contribution in [3.8, 4) is 22.9 Å². The highest BCUT2D eigenvalue weighted by Gasteiger charge is 2.28. The molecule has 1 N–H and O–H groups in total. The molecule has 248 valence electrons. The topological polar surface area (TPSA) is 107 Å². The number of nitrogens with one attached hydrogen (secondary N) is 1. The number of benzene rings is 2. The number of amides is 1. The number of Topliss-reactive ketones (excluding diaryl/α,β-unsaturated/α-hetero) is 1. The van der Waals surface area contributed by atoms with Crippen LogP contribution in [0.1, 0.15) is 71.9 Å². The molecule has 2 aromatic carbocycles.